The first kappa shape index (κ1) is 13.2. The van der Waals surface area contributed by atoms with Crippen molar-refractivity contribution >= 4 is 37.6 Å². The van der Waals surface area contributed by atoms with Crippen LogP contribution in [-0.4, -0.2) is 29.0 Å². The quantitative estimate of drug-likeness (QED) is 0.593. The van der Waals surface area contributed by atoms with Crippen LogP contribution in [0.1, 0.15) is 18.0 Å². The van der Waals surface area contributed by atoms with E-state index in [1.807, 2.05) is 0 Å². The largest absolute Gasteiger partial charge is 0.506 e. The molecule has 1 aromatic carbocycles. The van der Waals surface area contributed by atoms with Crippen LogP contribution < -0.4 is 10.7 Å². The van der Waals surface area contributed by atoms with Crippen molar-refractivity contribution < 1.29 is 10.2 Å². The molecule has 0 saturated carbocycles. The molecule has 102 valence electrons. The number of halogens is 2. The number of hydrogen-bond acceptors (Lipinski definition) is 5. The minimum atomic E-state index is -0.0731. The standard InChI is InChI=1S/C12H13Br2N3O2/c13-7-3-5(11(18)9(14)12(7)19)10-6-4-15-2-1-8(6)16-17-10/h3,6,10,15,17-19H,1-2,4H2. The van der Waals surface area contributed by atoms with E-state index in [9.17, 15) is 10.2 Å². The predicted octanol–water partition coefficient (Wildman–Crippen LogP) is 2.23. The molecule has 2 aliphatic heterocycles. The van der Waals surface area contributed by atoms with Crippen LogP contribution in [0.4, 0.5) is 0 Å². The Morgan fingerprint density at radius 2 is 2.05 bits per heavy atom. The molecular formula is C12H13Br2N3O2. The van der Waals surface area contributed by atoms with E-state index in [1.54, 1.807) is 6.07 Å². The zero-order valence-corrected chi connectivity index (χ0v) is 13.1. The van der Waals surface area contributed by atoms with Gasteiger partial charge in [-0.05, 0) is 37.9 Å². The summed E-state index contributed by atoms with van der Waals surface area (Å²) in [4.78, 5) is 0. The van der Waals surface area contributed by atoms with E-state index in [4.69, 9.17) is 0 Å². The van der Waals surface area contributed by atoms with Gasteiger partial charge in [0.1, 0.15) is 16.0 Å². The summed E-state index contributed by atoms with van der Waals surface area (Å²) in [6, 6.07) is 1.66. The SMILES string of the molecule is Oc1c(Br)cc(C2NN=C3CCNCC32)c(O)c1Br. The molecule has 5 nitrogen and oxygen atoms in total. The molecule has 19 heavy (non-hydrogen) atoms. The molecule has 2 atom stereocenters. The number of fused-ring (bicyclic) bond motifs is 1. The van der Waals surface area contributed by atoms with Crippen molar-refractivity contribution in [2.45, 2.75) is 12.5 Å². The molecular weight excluding hydrogens is 378 g/mol. The van der Waals surface area contributed by atoms with Crippen LogP contribution in [0.25, 0.3) is 0 Å². The maximum absolute atomic E-state index is 10.2. The van der Waals surface area contributed by atoms with Crippen molar-refractivity contribution in [2.24, 2.45) is 11.0 Å². The maximum atomic E-state index is 10.2. The van der Waals surface area contributed by atoms with Gasteiger partial charge in [0.15, 0.2) is 0 Å². The van der Waals surface area contributed by atoms with Crippen LogP contribution in [0, 0.1) is 5.92 Å². The Hall–Kier alpha value is -0.790. The first-order valence-electron chi connectivity index (χ1n) is 6.02. The van der Waals surface area contributed by atoms with Gasteiger partial charge in [0, 0.05) is 36.7 Å². The predicted molar refractivity (Wildman–Crippen MR) is 79.5 cm³/mol. The normalized spacial score (nSPS) is 25.7. The van der Waals surface area contributed by atoms with Crippen molar-refractivity contribution in [3.05, 3.63) is 20.6 Å². The van der Waals surface area contributed by atoms with Crippen LogP contribution in [-0.2, 0) is 0 Å². The van der Waals surface area contributed by atoms with Gasteiger partial charge in [-0.15, -0.1) is 0 Å². The van der Waals surface area contributed by atoms with Crippen molar-refractivity contribution in [3.63, 3.8) is 0 Å². The molecule has 0 bridgehead atoms. The summed E-state index contributed by atoms with van der Waals surface area (Å²) in [5.41, 5.74) is 4.96. The van der Waals surface area contributed by atoms with E-state index in [-0.39, 0.29) is 23.5 Å². The van der Waals surface area contributed by atoms with Gasteiger partial charge in [-0.25, -0.2) is 0 Å². The van der Waals surface area contributed by atoms with E-state index >= 15 is 0 Å². The lowest BCUT2D eigenvalue weighted by Crippen LogP contribution is -2.38. The van der Waals surface area contributed by atoms with E-state index < -0.39 is 0 Å². The van der Waals surface area contributed by atoms with Gasteiger partial charge in [-0.2, -0.15) is 5.10 Å². The molecule has 1 aromatic rings. The number of aromatic hydroxyl groups is 2. The van der Waals surface area contributed by atoms with Crippen LogP contribution >= 0.6 is 31.9 Å². The van der Waals surface area contributed by atoms with Gasteiger partial charge in [0.2, 0.25) is 0 Å². The van der Waals surface area contributed by atoms with Crippen LogP contribution in [0.5, 0.6) is 11.5 Å². The summed E-state index contributed by atoms with van der Waals surface area (Å²) in [5, 5.41) is 27.7. The third-order valence-electron chi connectivity index (χ3n) is 3.63. The Labute approximate surface area is 127 Å². The molecule has 0 aliphatic carbocycles. The minimum Gasteiger partial charge on any atom is -0.506 e. The molecule has 0 aromatic heterocycles. The minimum absolute atomic E-state index is 0.00200. The molecule has 2 unspecified atom stereocenters. The van der Waals surface area contributed by atoms with Crippen molar-refractivity contribution in [1.29, 1.82) is 0 Å². The fraction of sp³-hybridized carbons (Fsp3) is 0.417. The highest BCUT2D eigenvalue weighted by Crippen LogP contribution is 2.45. The number of hydrogen-bond donors (Lipinski definition) is 4. The summed E-state index contributed by atoms with van der Waals surface area (Å²) in [6.45, 7) is 1.78. The molecule has 1 fully saturated rings. The number of rotatable bonds is 1. The van der Waals surface area contributed by atoms with Gasteiger partial charge in [0.05, 0.1) is 10.5 Å². The van der Waals surface area contributed by atoms with Gasteiger partial charge in [-0.1, -0.05) is 0 Å². The molecule has 1 saturated heterocycles. The highest BCUT2D eigenvalue weighted by molar-refractivity contribution is 9.11. The second kappa shape index (κ2) is 4.96. The molecule has 0 amide bonds. The molecule has 7 heteroatoms. The summed E-state index contributed by atoms with van der Waals surface area (Å²) < 4.78 is 0.849. The first-order valence-corrected chi connectivity index (χ1v) is 7.60. The Bertz CT molecular complexity index is 562. The monoisotopic (exact) mass is 389 g/mol. The van der Waals surface area contributed by atoms with Crippen LogP contribution in [0.3, 0.4) is 0 Å². The zero-order chi connectivity index (χ0) is 13.6. The number of phenolic OH excluding ortho intramolecular Hbond substituents is 2. The Kier molecular flexibility index (Phi) is 3.44. The molecule has 0 radical (unpaired) electrons. The van der Waals surface area contributed by atoms with E-state index in [0.717, 1.165) is 30.8 Å². The number of piperidine rings is 1. The summed E-state index contributed by atoms with van der Waals surface area (Å²) >= 11 is 6.50. The van der Waals surface area contributed by atoms with Crippen LogP contribution in [0.2, 0.25) is 0 Å². The Balaban J connectivity index is 2.00. The molecule has 2 aliphatic rings. The second-order valence-corrected chi connectivity index (χ2v) is 6.38. The molecule has 4 N–H and O–H groups in total. The smallest absolute Gasteiger partial charge is 0.147 e. The highest BCUT2D eigenvalue weighted by Gasteiger charge is 2.36. The average Bonchev–Trinajstić information content (AvgIpc) is 2.84. The maximum Gasteiger partial charge on any atom is 0.147 e. The van der Waals surface area contributed by atoms with Gasteiger partial charge < -0.3 is 21.0 Å². The van der Waals surface area contributed by atoms with Gasteiger partial charge in [0.25, 0.3) is 0 Å². The lowest BCUT2D eigenvalue weighted by atomic mass is 9.87. The van der Waals surface area contributed by atoms with Crippen molar-refractivity contribution in [3.8, 4) is 11.5 Å². The fourth-order valence-electron chi connectivity index (χ4n) is 2.61. The molecule has 0 spiro atoms. The topological polar surface area (TPSA) is 76.9 Å². The van der Waals surface area contributed by atoms with Crippen molar-refractivity contribution in [1.82, 2.24) is 10.7 Å². The Morgan fingerprint density at radius 1 is 1.26 bits per heavy atom. The van der Waals surface area contributed by atoms with Gasteiger partial charge in [-0.3, -0.25) is 0 Å². The van der Waals surface area contributed by atoms with Crippen LogP contribution in [0.15, 0.2) is 20.1 Å². The average molecular weight is 391 g/mol. The van der Waals surface area contributed by atoms with E-state index in [2.05, 4.69) is 47.7 Å². The number of phenols is 2. The number of nitrogens with zero attached hydrogens (tertiary/aromatic N) is 1. The van der Waals surface area contributed by atoms with E-state index in [0.29, 0.717) is 8.95 Å². The number of benzene rings is 1. The summed E-state index contributed by atoms with van der Waals surface area (Å²) in [7, 11) is 0. The second-order valence-electron chi connectivity index (χ2n) is 4.73. The fourth-order valence-corrected chi connectivity index (χ4v) is 3.76. The first-order chi connectivity index (χ1) is 9.09. The lowest BCUT2D eigenvalue weighted by molar-refractivity contribution is 0.406. The molecule has 2 heterocycles. The lowest BCUT2D eigenvalue weighted by Gasteiger charge is -2.26. The van der Waals surface area contributed by atoms with Gasteiger partial charge >= 0.3 is 0 Å². The highest BCUT2D eigenvalue weighted by atomic mass is 79.9. The van der Waals surface area contributed by atoms with Crippen molar-refractivity contribution in [2.75, 3.05) is 13.1 Å². The Morgan fingerprint density at radius 3 is 2.84 bits per heavy atom. The third kappa shape index (κ3) is 2.13. The molecule has 3 rings (SSSR count). The number of nitrogens with one attached hydrogen (secondary N) is 2. The van der Waals surface area contributed by atoms with E-state index in [1.165, 1.54) is 0 Å². The zero-order valence-electron chi connectivity index (χ0n) is 9.95. The summed E-state index contributed by atoms with van der Waals surface area (Å²) in [5.74, 6) is 0.297. The summed E-state index contributed by atoms with van der Waals surface area (Å²) in [6.07, 6.45) is 0.926. The number of hydrazone groups is 1. The third-order valence-corrected chi connectivity index (χ3v) is 4.99.